The summed E-state index contributed by atoms with van der Waals surface area (Å²) < 4.78 is 0.981. The van der Waals surface area contributed by atoms with Gasteiger partial charge in [0.25, 0.3) is 0 Å². The summed E-state index contributed by atoms with van der Waals surface area (Å²) in [4.78, 5) is 6.59. The molecule has 1 N–H and O–H groups in total. The second-order valence-corrected chi connectivity index (χ2v) is 6.61. The lowest BCUT2D eigenvalue weighted by molar-refractivity contribution is 0.476. The first-order chi connectivity index (χ1) is 11.1. The highest BCUT2D eigenvalue weighted by Crippen LogP contribution is 2.26. The summed E-state index contributed by atoms with van der Waals surface area (Å²) in [5.74, 6) is 6.88. The standard InChI is InChI=1S/C19H18N2OS/c1-21(2)15-9-7-14(8-10-15)5-3-4-6-19-20-17-12-11-16(22)13-18(17)23-19/h4,6-7,9-14,22H,8H2,1-2H3/b6-4+. The first-order valence-corrected chi connectivity index (χ1v) is 8.26. The number of rotatable bonds is 2. The van der Waals surface area contributed by atoms with Crippen molar-refractivity contribution in [1.82, 2.24) is 9.88 Å². The summed E-state index contributed by atoms with van der Waals surface area (Å²) in [5, 5.41) is 10.4. The number of aromatic hydroxyl groups is 1. The smallest absolute Gasteiger partial charge is 0.117 e. The highest BCUT2D eigenvalue weighted by Gasteiger charge is 2.06. The molecule has 0 bridgehead atoms. The van der Waals surface area contributed by atoms with Gasteiger partial charge in [-0.05, 0) is 42.8 Å². The van der Waals surface area contributed by atoms with E-state index in [2.05, 4.69) is 40.0 Å². The van der Waals surface area contributed by atoms with Crippen molar-refractivity contribution in [2.75, 3.05) is 14.1 Å². The highest BCUT2D eigenvalue weighted by molar-refractivity contribution is 7.19. The van der Waals surface area contributed by atoms with Gasteiger partial charge < -0.3 is 10.0 Å². The van der Waals surface area contributed by atoms with Gasteiger partial charge in [-0.15, -0.1) is 11.3 Å². The van der Waals surface area contributed by atoms with Crippen molar-refractivity contribution < 1.29 is 5.11 Å². The molecule has 23 heavy (non-hydrogen) atoms. The number of thiazole rings is 1. The lowest BCUT2D eigenvalue weighted by atomic mass is 10.00. The molecule has 2 aromatic rings. The molecule has 0 aliphatic heterocycles. The van der Waals surface area contributed by atoms with Gasteiger partial charge in [0.05, 0.1) is 10.2 Å². The van der Waals surface area contributed by atoms with Crippen molar-refractivity contribution in [3.05, 3.63) is 53.2 Å². The third kappa shape index (κ3) is 3.82. The van der Waals surface area contributed by atoms with Gasteiger partial charge in [0.2, 0.25) is 0 Å². The Labute approximate surface area is 140 Å². The highest BCUT2D eigenvalue weighted by atomic mass is 32.1. The molecule has 0 fully saturated rings. The fourth-order valence-corrected chi connectivity index (χ4v) is 3.22. The van der Waals surface area contributed by atoms with Gasteiger partial charge in [-0.25, -0.2) is 4.98 Å². The van der Waals surface area contributed by atoms with E-state index in [1.165, 1.54) is 5.70 Å². The van der Waals surface area contributed by atoms with E-state index in [-0.39, 0.29) is 11.7 Å². The molecule has 3 rings (SSSR count). The average molecular weight is 322 g/mol. The molecule has 0 amide bonds. The Morgan fingerprint density at radius 1 is 1.39 bits per heavy atom. The van der Waals surface area contributed by atoms with E-state index >= 15 is 0 Å². The lowest BCUT2D eigenvalue weighted by Crippen LogP contribution is -2.12. The maximum atomic E-state index is 9.48. The number of phenolic OH excluding ortho intramolecular Hbond substituents is 1. The number of phenols is 1. The number of hydrogen-bond acceptors (Lipinski definition) is 4. The van der Waals surface area contributed by atoms with Gasteiger partial charge in [-0.2, -0.15) is 0 Å². The van der Waals surface area contributed by atoms with E-state index in [1.54, 1.807) is 23.5 Å². The largest absolute Gasteiger partial charge is 0.508 e. The van der Waals surface area contributed by atoms with Crippen LogP contribution in [0.1, 0.15) is 11.4 Å². The van der Waals surface area contributed by atoms with Crippen LogP contribution < -0.4 is 0 Å². The van der Waals surface area contributed by atoms with E-state index < -0.39 is 0 Å². The van der Waals surface area contributed by atoms with Crippen molar-refractivity contribution in [1.29, 1.82) is 0 Å². The zero-order valence-corrected chi connectivity index (χ0v) is 14.0. The number of fused-ring (bicyclic) bond motifs is 1. The molecule has 1 heterocycles. The molecule has 1 aromatic heterocycles. The number of likely N-dealkylation sites (N-methyl/N-ethyl adjacent to an activating group) is 1. The molecule has 0 radical (unpaired) electrons. The minimum atomic E-state index is 0.269. The second-order valence-electron chi connectivity index (χ2n) is 5.55. The first-order valence-electron chi connectivity index (χ1n) is 7.45. The maximum absolute atomic E-state index is 9.48. The molecule has 0 saturated heterocycles. The normalized spacial score (nSPS) is 17.1. The van der Waals surface area contributed by atoms with Gasteiger partial charge in [-0.1, -0.05) is 24.0 Å². The fourth-order valence-electron chi connectivity index (χ4n) is 2.32. The molecule has 1 aromatic carbocycles. The number of allylic oxidation sites excluding steroid dienone is 4. The van der Waals surface area contributed by atoms with E-state index in [0.29, 0.717) is 0 Å². The van der Waals surface area contributed by atoms with E-state index in [0.717, 1.165) is 21.6 Å². The summed E-state index contributed by atoms with van der Waals surface area (Å²) in [7, 11) is 4.09. The summed E-state index contributed by atoms with van der Waals surface area (Å²) in [6, 6.07) is 5.21. The molecule has 0 spiro atoms. The van der Waals surface area contributed by atoms with Crippen LogP contribution in [0, 0.1) is 17.8 Å². The van der Waals surface area contributed by atoms with Crippen LogP contribution in [0.4, 0.5) is 0 Å². The minimum Gasteiger partial charge on any atom is -0.508 e. The predicted molar refractivity (Wildman–Crippen MR) is 97.1 cm³/mol. The topological polar surface area (TPSA) is 36.4 Å². The van der Waals surface area contributed by atoms with Crippen molar-refractivity contribution in [2.24, 2.45) is 5.92 Å². The summed E-state index contributed by atoms with van der Waals surface area (Å²) in [6.07, 6.45) is 11.2. The third-order valence-electron chi connectivity index (χ3n) is 3.56. The number of aromatic nitrogens is 1. The van der Waals surface area contributed by atoms with Crippen molar-refractivity contribution in [2.45, 2.75) is 6.42 Å². The van der Waals surface area contributed by atoms with Gasteiger partial charge in [-0.3, -0.25) is 0 Å². The monoisotopic (exact) mass is 322 g/mol. The lowest BCUT2D eigenvalue weighted by Gasteiger charge is -2.18. The molecular formula is C19H18N2OS. The molecule has 1 unspecified atom stereocenters. The quantitative estimate of drug-likeness (QED) is 0.848. The number of benzene rings is 1. The molecule has 1 atom stereocenters. The SMILES string of the molecule is CN(C)C1=CCC(C#C/C=C/c2nc3ccc(O)cc3s2)C=C1. The molecular weight excluding hydrogens is 304 g/mol. The van der Waals surface area contributed by atoms with Crippen LogP contribution in [-0.2, 0) is 0 Å². The zero-order chi connectivity index (χ0) is 16.2. The summed E-state index contributed by atoms with van der Waals surface area (Å²) in [6.45, 7) is 0. The van der Waals surface area contributed by atoms with Crippen molar-refractivity contribution in [3.63, 3.8) is 0 Å². The molecule has 116 valence electrons. The van der Waals surface area contributed by atoms with Crippen LogP contribution in [0.15, 0.2) is 48.2 Å². The van der Waals surface area contributed by atoms with Gasteiger partial charge >= 0.3 is 0 Å². The van der Waals surface area contributed by atoms with Crippen LogP contribution >= 0.6 is 11.3 Å². The van der Waals surface area contributed by atoms with Gasteiger partial charge in [0.15, 0.2) is 0 Å². The molecule has 1 aliphatic carbocycles. The van der Waals surface area contributed by atoms with E-state index in [9.17, 15) is 5.11 Å². The van der Waals surface area contributed by atoms with E-state index in [1.807, 2.05) is 32.3 Å². The van der Waals surface area contributed by atoms with Crippen LogP contribution in [0.5, 0.6) is 5.75 Å². The Morgan fingerprint density at radius 2 is 2.26 bits per heavy atom. The zero-order valence-electron chi connectivity index (χ0n) is 13.2. The minimum absolute atomic E-state index is 0.269. The predicted octanol–water partition coefficient (Wildman–Crippen LogP) is 4.04. The van der Waals surface area contributed by atoms with Gasteiger partial charge in [0, 0.05) is 25.7 Å². The molecule has 1 aliphatic rings. The fraction of sp³-hybridized carbons (Fsp3) is 0.211. The Morgan fingerprint density at radius 3 is 3.00 bits per heavy atom. The Kier molecular flexibility index (Phi) is 4.50. The first kappa shape index (κ1) is 15.4. The molecule has 4 heteroatoms. The Balaban J connectivity index is 1.64. The number of nitrogens with zero attached hydrogens (tertiary/aromatic N) is 2. The summed E-state index contributed by atoms with van der Waals surface area (Å²) >= 11 is 1.55. The van der Waals surface area contributed by atoms with Crippen LogP contribution in [-0.4, -0.2) is 29.1 Å². The second kappa shape index (κ2) is 6.72. The molecule has 0 saturated carbocycles. The average Bonchev–Trinajstić information content (AvgIpc) is 2.94. The Bertz CT molecular complexity index is 862. The van der Waals surface area contributed by atoms with Crippen LogP contribution in [0.25, 0.3) is 16.3 Å². The Hall–Kier alpha value is -2.51. The molecule has 3 nitrogen and oxygen atoms in total. The van der Waals surface area contributed by atoms with Crippen LogP contribution in [0.3, 0.4) is 0 Å². The van der Waals surface area contributed by atoms with Crippen LogP contribution in [0.2, 0.25) is 0 Å². The summed E-state index contributed by atoms with van der Waals surface area (Å²) in [5.41, 5.74) is 2.13. The van der Waals surface area contributed by atoms with Crippen molar-refractivity contribution in [3.8, 4) is 17.6 Å². The van der Waals surface area contributed by atoms with Crippen molar-refractivity contribution >= 4 is 27.6 Å². The third-order valence-corrected chi connectivity index (χ3v) is 4.55. The maximum Gasteiger partial charge on any atom is 0.117 e. The number of hydrogen-bond donors (Lipinski definition) is 1. The van der Waals surface area contributed by atoms with Gasteiger partial charge in [0.1, 0.15) is 10.8 Å². The van der Waals surface area contributed by atoms with E-state index in [4.69, 9.17) is 0 Å².